The standard InChI is InChI=1S/C10H20N2O2/c1-5-6-11-8(13)7-9(14)12-10(2,3)4/h5-7H2,1-4H3,(H,11,13)(H,12,14). The van der Waals surface area contributed by atoms with Gasteiger partial charge in [0.05, 0.1) is 0 Å². The average molecular weight is 200 g/mol. The second-order valence-corrected chi connectivity index (χ2v) is 4.32. The highest BCUT2D eigenvalue weighted by molar-refractivity contribution is 5.97. The average Bonchev–Trinajstić information content (AvgIpc) is 1.96. The monoisotopic (exact) mass is 200 g/mol. The van der Waals surface area contributed by atoms with E-state index in [1.165, 1.54) is 0 Å². The molecule has 0 aliphatic rings. The predicted octanol–water partition coefficient (Wildman–Crippen LogP) is 0.817. The van der Waals surface area contributed by atoms with Gasteiger partial charge in [-0.2, -0.15) is 0 Å². The molecule has 82 valence electrons. The van der Waals surface area contributed by atoms with Crippen LogP contribution in [0.1, 0.15) is 40.5 Å². The Morgan fingerprint density at radius 1 is 1.14 bits per heavy atom. The predicted molar refractivity (Wildman–Crippen MR) is 55.8 cm³/mol. The minimum absolute atomic E-state index is 0.0860. The highest BCUT2D eigenvalue weighted by atomic mass is 16.2. The van der Waals surface area contributed by atoms with E-state index in [-0.39, 0.29) is 23.8 Å². The summed E-state index contributed by atoms with van der Waals surface area (Å²) in [5, 5.41) is 5.38. The minimum atomic E-state index is -0.276. The molecule has 0 rings (SSSR count). The molecule has 0 spiro atoms. The Kier molecular flexibility index (Phi) is 5.20. The van der Waals surface area contributed by atoms with Gasteiger partial charge in [0.2, 0.25) is 11.8 Å². The fourth-order valence-corrected chi connectivity index (χ4v) is 0.935. The Hall–Kier alpha value is -1.06. The van der Waals surface area contributed by atoms with E-state index in [9.17, 15) is 9.59 Å². The summed E-state index contributed by atoms with van der Waals surface area (Å²) >= 11 is 0. The first-order valence-corrected chi connectivity index (χ1v) is 4.93. The molecule has 0 aromatic rings. The zero-order valence-corrected chi connectivity index (χ0v) is 9.44. The molecule has 2 N–H and O–H groups in total. The van der Waals surface area contributed by atoms with Crippen LogP contribution in [0.5, 0.6) is 0 Å². The van der Waals surface area contributed by atoms with Crippen molar-refractivity contribution in [2.24, 2.45) is 0 Å². The second-order valence-electron chi connectivity index (χ2n) is 4.32. The van der Waals surface area contributed by atoms with Crippen LogP contribution in [0.2, 0.25) is 0 Å². The first kappa shape index (κ1) is 12.9. The molecule has 0 aromatic carbocycles. The van der Waals surface area contributed by atoms with E-state index in [0.29, 0.717) is 6.54 Å². The largest absolute Gasteiger partial charge is 0.356 e. The zero-order chi connectivity index (χ0) is 11.2. The van der Waals surface area contributed by atoms with Crippen molar-refractivity contribution in [1.29, 1.82) is 0 Å². The first-order valence-electron chi connectivity index (χ1n) is 4.93. The molecule has 0 saturated carbocycles. The van der Waals surface area contributed by atoms with E-state index in [2.05, 4.69) is 10.6 Å². The summed E-state index contributed by atoms with van der Waals surface area (Å²) in [6.45, 7) is 8.25. The summed E-state index contributed by atoms with van der Waals surface area (Å²) in [7, 11) is 0. The van der Waals surface area contributed by atoms with E-state index in [1.54, 1.807) is 0 Å². The number of hydrogen-bond acceptors (Lipinski definition) is 2. The van der Waals surface area contributed by atoms with Crippen molar-refractivity contribution in [3.05, 3.63) is 0 Å². The van der Waals surface area contributed by atoms with E-state index < -0.39 is 0 Å². The molecule has 0 bridgehead atoms. The van der Waals surface area contributed by atoms with E-state index in [4.69, 9.17) is 0 Å². The molecule has 0 aromatic heterocycles. The van der Waals surface area contributed by atoms with E-state index >= 15 is 0 Å². The molecule has 0 unspecified atom stereocenters. The fourth-order valence-electron chi connectivity index (χ4n) is 0.935. The summed E-state index contributed by atoms with van der Waals surface area (Å²) in [5.74, 6) is -0.445. The molecule has 0 saturated heterocycles. The van der Waals surface area contributed by atoms with Crippen LogP contribution in [0, 0.1) is 0 Å². The third kappa shape index (κ3) is 7.58. The number of carbonyl (C=O) groups excluding carboxylic acids is 2. The Morgan fingerprint density at radius 3 is 2.14 bits per heavy atom. The van der Waals surface area contributed by atoms with Gasteiger partial charge in [-0.1, -0.05) is 6.92 Å². The zero-order valence-electron chi connectivity index (χ0n) is 9.44. The Bertz CT molecular complexity index is 207. The lowest BCUT2D eigenvalue weighted by Gasteiger charge is -2.20. The van der Waals surface area contributed by atoms with Crippen LogP contribution in [-0.2, 0) is 9.59 Å². The number of rotatable bonds is 4. The fraction of sp³-hybridized carbons (Fsp3) is 0.800. The lowest BCUT2D eigenvalue weighted by molar-refractivity contribution is -0.130. The Labute approximate surface area is 85.4 Å². The van der Waals surface area contributed by atoms with Crippen LogP contribution >= 0.6 is 0 Å². The lowest BCUT2D eigenvalue weighted by Crippen LogP contribution is -2.42. The Morgan fingerprint density at radius 2 is 1.71 bits per heavy atom. The third-order valence-corrected chi connectivity index (χ3v) is 1.41. The minimum Gasteiger partial charge on any atom is -0.356 e. The van der Waals surface area contributed by atoms with Gasteiger partial charge >= 0.3 is 0 Å². The van der Waals surface area contributed by atoms with Gasteiger partial charge in [0, 0.05) is 12.1 Å². The topological polar surface area (TPSA) is 58.2 Å². The maximum Gasteiger partial charge on any atom is 0.229 e. The van der Waals surface area contributed by atoms with Crippen LogP contribution in [0.3, 0.4) is 0 Å². The number of carbonyl (C=O) groups is 2. The molecule has 0 aliphatic carbocycles. The highest BCUT2D eigenvalue weighted by Gasteiger charge is 2.15. The SMILES string of the molecule is CCCNC(=O)CC(=O)NC(C)(C)C. The third-order valence-electron chi connectivity index (χ3n) is 1.41. The molecule has 4 heteroatoms. The van der Waals surface area contributed by atoms with Gasteiger partial charge < -0.3 is 10.6 Å². The van der Waals surface area contributed by atoms with Crippen LogP contribution in [-0.4, -0.2) is 23.9 Å². The van der Waals surface area contributed by atoms with Gasteiger partial charge in [0.25, 0.3) is 0 Å². The molecular weight excluding hydrogens is 180 g/mol. The lowest BCUT2D eigenvalue weighted by atomic mass is 10.1. The molecule has 14 heavy (non-hydrogen) atoms. The highest BCUT2D eigenvalue weighted by Crippen LogP contribution is 1.98. The molecule has 0 aliphatic heterocycles. The van der Waals surface area contributed by atoms with Crippen molar-refractivity contribution in [1.82, 2.24) is 10.6 Å². The quantitative estimate of drug-likeness (QED) is 0.660. The van der Waals surface area contributed by atoms with Crippen molar-refractivity contribution in [3.8, 4) is 0 Å². The van der Waals surface area contributed by atoms with Gasteiger partial charge in [0.15, 0.2) is 0 Å². The first-order chi connectivity index (χ1) is 6.35. The number of hydrogen-bond donors (Lipinski definition) is 2. The molecule has 0 radical (unpaired) electrons. The normalized spacial score (nSPS) is 10.9. The van der Waals surface area contributed by atoms with Crippen molar-refractivity contribution in [2.45, 2.75) is 46.1 Å². The maximum absolute atomic E-state index is 11.3. The van der Waals surface area contributed by atoms with Gasteiger partial charge in [-0.25, -0.2) is 0 Å². The summed E-state index contributed by atoms with van der Waals surface area (Å²) < 4.78 is 0. The number of amides is 2. The van der Waals surface area contributed by atoms with Gasteiger partial charge in [0.1, 0.15) is 6.42 Å². The van der Waals surface area contributed by atoms with Gasteiger partial charge in [-0.05, 0) is 27.2 Å². The maximum atomic E-state index is 11.3. The molecule has 0 fully saturated rings. The van der Waals surface area contributed by atoms with Gasteiger partial charge in [-0.3, -0.25) is 9.59 Å². The summed E-state index contributed by atoms with van der Waals surface area (Å²) in [5.41, 5.74) is -0.276. The summed E-state index contributed by atoms with van der Waals surface area (Å²) in [6.07, 6.45) is 0.796. The van der Waals surface area contributed by atoms with Crippen LogP contribution in [0.4, 0.5) is 0 Å². The van der Waals surface area contributed by atoms with Crippen molar-refractivity contribution >= 4 is 11.8 Å². The number of nitrogens with one attached hydrogen (secondary N) is 2. The van der Waals surface area contributed by atoms with Crippen LogP contribution in [0.25, 0.3) is 0 Å². The summed E-state index contributed by atoms with van der Waals surface area (Å²) in [6, 6.07) is 0. The van der Waals surface area contributed by atoms with Crippen molar-refractivity contribution < 1.29 is 9.59 Å². The molecule has 0 atom stereocenters. The van der Waals surface area contributed by atoms with E-state index in [0.717, 1.165) is 6.42 Å². The van der Waals surface area contributed by atoms with Crippen molar-refractivity contribution in [2.75, 3.05) is 6.54 Å². The van der Waals surface area contributed by atoms with Crippen molar-refractivity contribution in [3.63, 3.8) is 0 Å². The smallest absolute Gasteiger partial charge is 0.229 e. The van der Waals surface area contributed by atoms with Gasteiger partial charge in [-0.15, -0.1) is 0 Å². The molecule has 2 amide bonds. The second kappa shape index (κ2) is 5.62. The molecular formula is C10H20N2O2. The van der Waals surface area contributed by atoms with E-state index in [1.807, 2.05) is 27.7 Å². The summed E-state index contributed by atoms with van der Waals surface area (Å²) in [4.78, 5) is 22.4. The molecule has 0 heterocycles. The van der Waals surface area contributed by atoms with Crippen LogP contribution < -0.4 is 10.6 Å². The van der Waals surface area contributed by atoms with Crippen LogP contribution in [0.15, 0.2) is 0 Å². The molecule has 4 nitrogen and oxygen atoms in total. The Balaban J connectivity index is 3.78.